The first-order chi connectivity index (χ1) is 19.7. The molecule has 7 heteroatoms. The van der Waals surface area contributed by atoms with Gasteiger partial charge in [0.25, 0.3) is 5.56 Å². The van der Waals surface area contributed by atoms with Gasteiger partial charge >= 0.3 is 0 Å². The van der Waals surface area contributed by atoms with Gasteiger partial charge in [-0.25, -0.2) is 4.68 Å². The fourth-order valence-electron chi connectivity index (χ4n) is 4.10. The highest BCUT2D eigenvalue weighted by atomic mass is 35.5. The van der Waals surface area contributed by atoms with Crippen molar-refractivity contribution >= 4 is 34.7 Å². The Balaban J connectivity index is 0.000000456. The molecule has 5 nitrogen and oxygen atoms in total. The number of nitrogens with zero attached hydrogens (tertiary/aromatic N) is 3. The average molecular weight is 599 g/mol. The number of benzene rings is 1. The van der Waals surface area contributed by atoms with Gasteiger partial charge in [0.1, 0.15) is 5.56 Å². The van der Waals surface area contributed by atoms with Crippen LogP contribution in [0.1, 0.15) is 69.8 Å². The normalized spacial score (nSPS) is 12.5. The maximum Gasteiger partial charge on any atom is 0.282 e. The minimum absolute atomic E-state index is 0.165. The number of rotatable bonds is 15. The summed E-state index contributed by atoms with van der Waals surface area (Å²) in [5.74, 6) is 0.331. The van der Waals surface area contributed by atoms with Gasteiger partial charge in [-0.3, -0.25) is 14.3 Å². The Labute approximate surface area is 256 Å². The molecular weight excluding hydrogens is 553 g/mol. The van der Waals surface area contributed by atoms with Crippen molar-refractivity contribution in [2.24, 2.45) is 0 Å². The second-order valence-corrected chi connectivity index (χ2v) is 10.3. The Morgan fingerprint density at radius 3 is 2.20 bits per heavy atom. The van der Waals surface area contributed by atoms with Gasteiger partial charge in [-0.05, 0) is 63.5 Å². The van der Waals surface area contributed by atoms with Crippen molar-refractivity contribution in [3.8, 4) is 0 Å². The molecule has 41 heavy (non-hydrogen) atoms. The molecule has 0 radical (unpaired) electrons. The molecule has 0 unspecified atom stereocenters. The number of Topliss-reactive ketones (excluding diaryl/α,β-unsaturated/α-hetero) is 1. The van der Waals surface area contributed by atoms with Crippen molar-refractivity contribution in [3.63, 3.8) is 0 Å². The Hall–Kier alpha value is -3.28. The molecule has 1 aromatic heterocycles. The summed E-state index contributed by atoms with van der Waals surface area (Å²) in [6, 6.07) is 9.77. The number of halogens is 2. The number of alkyl halides is 1. The Morgan fingerprint density at radius 2 is 1.68 bits per heavy atom. The van der Waals surface area contributed by atoms with Gasteiger partial charge in [-0.1, -0.05) is 86.7 Å². The van der Waals surface area contributed by atoms with E-state index in [-0.39, 0.29) is 16.9 Å². The molecule has 0 fully saturated rings. The molecule has 1 aromatic carbocycles. The molecule has 0 bridgehead atoms. The molecule has 2 rings (SSSR count). The molecule has 0 atom stereocenters. The topological polar surface area (TPSA) is 47.2 Å². The van der Waals surface area contributed by atoms with Gasteiger partial charge in [0, 0.05) is 42.3 Å². The molecule has 0 aliphatic carbocycles. The number of ketones is 1. The van der Waals surface area contributed by atoms with E-state index in [0.29, 0.717) is 23.2 Å². The van der Waals surface area contributed by atoms with Crippen LogP contribution >= 0.6 is 23.2 Å². The third-order valence-corrected chi connectivity index (χ3v) is 6.18. The third-order valence-electron chi connectivity index (χ3n) is 5.88. The van der Waals surface area contributed by atoms with Crippen LogP contribution in [-0.4, -0.2) is 39.0 Å². The summed E-state index contributed by atoms with van der Waals surface area (Å²) in [6.07, 6.45) is 20.1. The van der Waals surface area contributed by atoms with Crippen molar-refractivity contribution in [2.45, 2.75) is 60.4 Å². The number of allylic oxidation sites excluding steroid dienone is 10. The van der Waals surface area contributed by atoms with Crippen molar-refractivity contribution in [1.29, 1.82) is 0 Å². The van der Waals surface area contributed by atoms with E-state index < -0.39 is 0 Å². The number of hydrogen-bond donors (Lipinski definition) is 0. The molecular formula is C34H45Cl2N3O2. The number of aromatic nitrogens is 2. The first kappa shape index (κ1) is 35.7. The zero-order valence-electron chi connectivity index (χ0n) is 25.2. The quantitative estimate of drug-likeness (QED) is 0.0891. The molecule has 1 heterocycles. The SMILES string of the molecule is C=C/C=C(\C/C=C\CCl)N(CCC)CCC.C\C=C/C(=C\C=C(/C)Cl)n1c(=O)c(C(C)=O)cn1Cc1ccccc1. The summed E-state index contributed by atoms with van der Waals surface area (Å²) in [7, 11) is 0. The molecule has 0 aliphatic rings. The Bertz CT molecular complexity index is 1280. The van der Waals surface area contributed by atoms with Crippen LogP contribution in [0.5, 0.6) is 0 Å². The van der Waals surface area contributed by atoms with E-state index in [9.17, 15) is 9.59 Å². The van der Waals surface area contributed by atoms with Crippen LogP contribution in [0.4, 0.5) is 0 Å². The molecule has 0 saturated carbocycles. The Morgan fingerprint density at radius 1 is 1.02 bits per heavy atom. The second-order valence-electron chi connectivity index (χ2n) is 9.35. The molecule has 222 valence electrons. The van der Waals surface area contributed by atoms with Crippen LogP contribution in [0.25, 0.3) is 5.70 Å². The van der Waals surface area contributed by atoms with Gasteiger partial charge in [-0.15, -0.1) is 11.6 Å². The van der Waals surface area contributed by atoms with Crippen LogP contribution in [0, 0.1) is 0 Å². The molecule has 0 spiro atoms. The lowest BCUT2D eigenvalue weighted by atomic mass is 10.2. The summed E-state index contributed by atoms with van der Waals surface area (Å²) < 4.78 is 3.25. The standard InChI is InChI=1S/C20H21ClN2O2.C14H24ClN/c1-4-8-18(12-11-15(2)21)23-20(25)19(16(3)24)14-22(23)13-17-9-6-5-7-10-17;1-4-9-14(10-7-8-11-15)16(12-5-2)13-6-3/h4-12,14H,13H2,1-3H3;4,7-9H,1,5-6,10-13H2,2-3H3/b8-4-,15-11+,18-12+;8-7-,14-9+. The Kier molecular flexibility index (Phi) is 17.9. The number of carbonyl (C=O) groups is 1. The summed E-state index contributed by atoms with van der Waals surface area (Å²) in [4.78, 5) is 27.0. The van der Waals surface area contributed by atoms with Crippen LogP contribution in [0.2, 0.25) is 0 Å². The smallest absolute Gasteiger partial charge is 0.282 e. The summed E-state index contributed by atoms with van der Waals surface area (Å²) in [5, 5.41) is 0.600. The highest BCUT2D eigenvalue weighted by Crippen LogP contribution is 2.13. The minimum atomic E-state index is -0.339. The lowest BCUT2D eigenvalue weighted by Gasteiger charge is -2.26. The maximum atomic E-state index is 12.8. The predicted molar refractivity (Wildman–Crippen MR) is 178 cm³/mol. The highest BCUT2D eigenvalue weighted by molar-refractivity contribution is 6.29. The van der Waals surface area contributed by atoms with Crippen molar-refractivity contribution < 1.29 is 4.79 Å². The van der Waals surface area contributed by atoms with Gasteiger partial charge < -0.3 is 4.90 Å². The van der Waals surface area contributed by atoms with Gasteiger partial charge in [0.15, 0.2) is 5.78 Å². The van der Waals surface area contributed by atoms with Crippen molar-refractivity contribution in [1.82, 2.24) is 14.3 Å². The number of carbonyl (C=O) groups excluding carboxylic acids is 1. The predicted octanol–water partition coefficient (Wildman–Crippen LogP) is 8.82. The zero-order valence-corrected chi connectivity index (χ0v) is 26.7. The maximum absolute atomic E-state index is 12.8. The average Bonchev–Trinajstić information content (AvgIpc) is 3.27. The van der Waals surface area contributed by atoms with E-state index in [1.807, 2.05) is 61.6 Å². The van der Waals surface area contributed by atoms with Crippen LogP contribution in [0.3, 0.4) is 0 Å². The van der Waals surface area contributed by atoms with Crippen LogP contribution < -0.4 is 5.56 Å². The van der Waals surface area contributed by atoms with E-state index in [2.05, 4.69) is 37.5 Å². The highest BCUT2D eigenvalue weighted by Gasteiger charge is 2.16. The molecule has 0 N–H and O–H groups in total. The fourth-order valence-corrected chi connectivity index (χ4v) is 4.29. The molecule has 2 aromatic rings. The molecule has 0 saturated heterocycles. The summed E-state index contributed by atoms with van der Waals surface area (Å²) in [5.41, 5.74) is 2.83. The number of hydrogen-bond acceptors (Lipinski definition) is 3. The van der Waals surface area contributed by atoms with E-state index in [0.717, 1.165) is 25.1 Å². The minimum Gasteiger partial charge on any atom is -0.375 e. The van der Waals surface area contributed by atoms with Crippen molar-refractivity contribution in [2.75, 3.05) is 19.0 Å². The monoisotopic (exact) mass is 597 g/mol. The lowest BCUT2D eigenvalue weighted by molar-refractivity contribution is 0.101. The van der Waals surface area contributed by atoms with Crippen molar-refractivity contribution in [3.05, 3.63) is 124 Å². The first-order valence-electron chi connectivity index (χ1n) is 14.1. The summed E-state index contributed by atoms with van der Waals surface area (Å²) >= 11 is 11.5. The van der Waals surface area contributed by atoms with Crippen LogP contribution in [-0.2, 0) is 6.54 Å². The largest absolute Gasteiger partial charge is 0.375 e. The second kappa shape index (κ2) is 20.6. The first-order valence-corrected chi connectivity index (χ1v) is 15.0. The molecule has 0 amide bonds. The fraction of sp³-hybridized carbons (Fsp3) is 0.353. The summed E-state index contributed by atoms with van der Waals surface area (Å²) in [6.45, 7) is 15.9. The van der Waals surface area contributed by atoms with Crippen LogP contribution in [0.15, 0.2) is 107 Å². The van der Waals surface area contributed by atoms with E-state index in [1.54, 1.807) is 30.0 Å². The third kappa shape index (κ3) is 12.8. The molecule has 0 aliphatic heterocycles. The van der Waals surface area contributed by atoms with E-state index >= 15 is 0 Å². The van der Waals surface area contributed by atoms with Gasteiger partial charge in [0.2, 0.25) is 0 Å². The van der Waals surface area contributed by atoms with E-state index in [1.165, 1.54) is 30.1 Å². The zero-order chi connectivity index (χ0) is 30.6. The lowest BCUT2D eigenvalue weighted by Crippen LogP contribution is -2.24. The van der Waals surface area contributed by atoms with E-state index in [4.69, 9.17) is 23.2 Å². The van der Waals surface area contributed by atoms with Gasteiger partial charge in [0.05, 0.1) is 12.2 Å². The van der Waals surface area contributed by atoms with Gasteiger partial charge in [-0.2, -0.15) is 0 Å².